The molecule has 0 saturated heterocycles. The average Bonchev–Trinajstić information content (AvgIpc) is 3.28. The second-order valence-corrected chi connectivity index (χ2v) is 14.2. The molecular weight excluding hydrogens is 603 g/mol. The van der Waals surface area contributed by atoms with Crippen molar-refractivity contribution in [2.45, 2.75) is 51.0 Å². The van der Waals surface area contributed by atoms with Crippen LogP contribution < -0.4 is 26.5 Å². The SMILES string of the molecule is O=C(Nc1ncsc1-c1cccc(Cl)c1)OC1CCC2CC1CCCC2C[I-]CCc1ccccc1. The number of ether oxygens (including phenoxy) is 1. The Morgan fingerprint density at radius 2 is 1.97 bits per heavy atom. The van der Waals surface area contributed by atoms with E-state index in [9.17, 15) is 4.79 Å². The monoisotopic (exact) mass is 635 g/mol. The molecular formula is C29H33ClIN2O2S-. The van der Waals surface area contributed by atoms with Crippen molar-refractivity contribution in [2.24, 2.45) is 17.8 Å². The first-order valence-corrected chi connectivity index (χ1v) is 17.2. The summed E-state index contributed by atoms with van der Waals surface area (Å²) in [5.74, 6) is 2.72. The van der Waals surface area contributed by atoms with E-state index >= 15 is 0 Å². The van der Waals surface area contributed by atoms with E-state index in [0.29, 0.717) is 16.8 Å². The van der Waals surface area contributed by atoms with E-state index in [2.05, 4.69) is 40.6 Å². The number of halogens is 2. The summed E-state index contributed by atoms with van der Waals surface area (Å²) in [4.78, 5) is 18.1. The van der Waals surface area contributed by atoms with E-state index in [1.54, 1.807) is 5.51 Å². The van der Waals surface area contributed by atoms with Gasteiger partial charge in [0, 0.05) is 5.02 Å². The first kappa shape index (κ1) is 26.0. The number of benzene rings is 2. The van der Waals surface area contributed by atoms with Crippen molar-refractivity contribution in [1.82, 2.24) is 4.98 Å². The molecule has 3 aromatic rings. The molecule has 0 radical (unpaired) electrons. The predicted octanol–water partition coefficient (Wildman–Crippen LogP) is 4.93. The molecule has 0 aliphatic heterocycles. The third kappa shape index (κ3) is 6.81. The normalized spacial score (nSPS) is 23.7. The van der Waals surface area contributed by atoms with Crippen LogP contribution >= 0.6 is 22.9 Å². The van der Waals surface area contributed by atoms with Crippen molar-refractivity contribution in [2.75, 3.05) is 14.2 Å². The van der Waals surface area contributed by atoms with Crippen molar-refractivity contribution in [3.8, 4) is 10.4 Å². The molecule has 2 aliphatic rings. The third-order valence-electron chi connectivity index (χ3n) is 7.57. The number of hydrogen-bond acceptors (Lipinski definition) is 4. The summed E-state index contributed by atoms with van der Waals surface area (Å²) in [7, 11) is 0. The summed E-state index contributed by atoms with van der Waals surface area (Å²) in [5.41, 5.74) is 4.17. The molecule has 5 rings (SSSR count). The van der Waals surface area contributed by atoms with Gasteiger partial charge in [-0.25, -0.2) is 0 Å². The van der Waals surface area contributed by atoms with Crippen molar-refractivity contribution < 1.29 is 30.7 Å². The Bertz CT molecular complexity index is 1140. The van der Waals surface area contributed by atoms with Gasteiger partial charge in [0.15, 0.2) is 0 Å². The van der Waals surface area contributed by atoms with E-state index < -0.39 is 0 Å². The van der Waals surface area contributed by atoms with E-state index in [4.69, 9.17) is 16.3 Å². The molecule has 4 unspecified atom stereocenters. The quantitative estimate of drug-likeness (QED) is 0.217. The molecule has 36 heavy (non-hydrogen) atoms. The topological polar surface area (TPSA) is 51.2 Å². The zero-order valence-electron chi connectivity index (χ0n) is 20.4. The number of aryl methyl sites for hydroxylation is 1. The van der Waals surface area contributed by atoms with Crippen LogP contribution in [0.1, 0.15) is 44.1 Å². The van der Waals surface area contributed by atoms with Gasteiger partial charge in [0.25, 0.3) is 0 Å². The number of alkyl halides is 2. The van der Waals surface area contributed by atoms with Crippen molar-refractivity contribution in [1.29, 1.82) is 0 Å². The minimum atomic E-state index is -0.389. The average molecular weight is 636 g/mol. The summed E-state index contributed by atoms with van der Waals surface area (Å²) >= 11 is 7.90. The van der Waals surface area contributed by atoms with Crippen LogP contribution in [-0.2, 0) is 11.2 Å². The van der Waals surface area contributed by atoms with Crippen LogP contribution in [0.4, 0.5) is 10.6 Å². The van der Waals surface area contributed by atoms with Crippen molar-refractivity contribution >= 4 is 34.8 Å². The number of rotatable bonds is 8. The number of nitrogens with zero attached hydrogens (tertiary/aromatic N) is 1. The van der Waals surface area contributed by atoms with Crippen LogP contribution in [0.5, 0.6) is 0 Å². The van der Waals surface area contributed by atoms with Gasteiger partial charge in [-0.3, -0.25) is 0 Å². The van der Waals surface area contributed by atoms with Gasteiger partial charge in [0.05, 0.1) is 0 Å². The van der Waals surface area contributed by atoms with Gasteiger partial charge in [-0.1, -0.05) is 23.7 Å². The Morgan fingerprint density at radius 3 is 2.83 bits per heavy atom. The predicted molar refractivity (Wildman–Crippen MR) is 145 cm³/mol. The molecule has 2 fully saturated rings. The summed E-state index contributed by atoms with van der Waals surface area (Å²) in [6.45, 7) is 0. The first-order chi connectivity index (χ1) is 17.7. The van der Waals surface area contributed by atoms with Gasteiger partial charge in [-0.15, -0.1) is 0 Å². The van der Waals surface area contributed by atoms with Crippen molar-refractivity contribution in [3.63, 3.8) is 0 Å². The molecule has 2 saturated carbocycles. The molecule has 1 amide bonds. The number of amides is 1. The van der Waals surface area contributed by atoms with E-state index in [-0.39, 0.29) is 33.4 Å². The van der Waals surface area contributed by atoms with Gasteiger partial charge < -0.3 is 0 Å². The van der Waals surface area contributed by atoms with Crippen LogP contribution in [0.3, 0.4) is 0 Å². The standard InChI is InChI=1S/C29H33ClIN2O2S/c30-25-11-5-9-23(17-25)27-28(32-19-36-27)33-29(34)35-26-13-12-21-16-22(26)8-4-10-24(21)18-31-15-14-20-6-2-1-3-7-20/h1-3,5-7,9,11,17,19,21-22,24,26H,4,8,10,12-16,18H2,(H,33,34)/q-1. The second kappa shape index (κ2) is 12.7. The Morgan fingerprint density at radius 1 is 1.08 bits per heavy atom. The minimum absolute atomic E-state index is 0.0148. The number of anilines is 1. The first-order valence-electron chi connectivity index (χ1n) is 12.9. The molecule has 4 nitrogen and oxygen atoms in total. The zero-order chi connectivity index (χ0) is 24.7. The molecule has 2 aliphatic carbocycles. The van der Waals surface area contributed by atoms with Crippen LogP contribution in [0.15, 0.2) is 60.1 Å². The molecule has 1 heterocycles. The Kier molecular flexibility index (Phi) is 9.20. The summed E-state index contributed by atoms with van der Waals surface area (Å²) in [6, 6.07) is 18.5. The van der Waals surface area contributed by atoms with Crippen molar-refractivity contribution in [3.05, 3.63) is 70.7 Å². The van der Waals surface area contributed by atoms with E-state index in [0.717, 1.165) is 28.7 Å². The molecule has 4 atom stereocenters. The van der Waals surface area contributed by atoms with Crippen LogP contribution in [0.25, 0.3) is 10.4 Å². The fourth-order valence-corrected chi connectivity index (χ4v) is 10.0. The van der Waals surface area contributed by atoms with Crippen LogP contribution in [0, 0.1) is 17.8 Å². The Labute approximate surface area is 233 Å². The van der Waals surface area contributed by atoms with Gasteiger partial charge in [0.1, 0.15) is 0 Å². The van der Waals surface area contributed by atoms with Gasteiger partial charge in [0.2, 0.25) is 0 Å². The molecule has 2 aromatic carbocycles. The Hall–Kier alpha value is -1.64. The number of fused-ring (bicyclic) bond motifs is 2. The fourth-order valence-electron chi connectivity index (χ4n) is 5.71. The van der Waals surface area contributed by atoms with Gasteiger partial charge >= 0.3 is 194 Å². The number of hydrogen-bond donors (Lipinski definition) is 1. The number of carbonyl (C=O) groups is 1. The van der Waals surface area contributed by atoms with Crippen LogP contribution in [0.2, 0.25) is 5.02 Å². The number of nitrogens with one attached hydrogen (secondary N) is 1. The maximum absolute atomic E-state index is 12.8. The third-order valence-corrected chi connectivity index (χ3v) is 11.7. The fraction of sp³-hybridized carbons (Fsp3) is 0.448. The van der Waals surface area contributed by atoms with Gasteiger partial charge in [-0.05, 0) is 12.1 Å². The second-order valence-electron chi connectivity index (χ2n) is 9.90. The summed E-state index contributed by atoms with van der Waals surface area (Å²) in [5, 5.41) is 3.56. The molecule has 7 heteroatoms. The molecule has 1 aromatic heterocycles. The maximum atomic E-state index is 12.8. The van der Waals surface area contributed by atoms with E-state index in [1.807, 2.05) is 24.3 Å². The van der Waals surface area contributed by atoms with Crippen LogP contribution in [-0.4, -0.2) is 26.0 Å². The van der Waals surface area contributed by atoms with E-state index in [1.165, 1.54) is 64.3 Å². The van der Waals surface area contributed by atoms with Gasteiger partial charge in [-0.2, -0.15) is 0 Å². The molecule has 0 spiro atoms. The summed E-state index contributed by atoms with van der Waals surface area (Å²) < 4.78 is 8.83. The molecule has 1 N–H and O–H groups in total. The Balaban J connectivity index is 1.11. The number of aromatic nitrogens is 1. The summed E-state index contributed by atoms with van der Waals surface area (Å²) in [6.07, 6.45) is 8.05. The zero-order valence-corrected chi connectivity index (χ0v) is 24.1. The number of carbonyl (C=O) groups excluding carboxylic acids is 1. The molecule has 192 valence electrons. The molecule has 2 bridgehead atoms. The number of thiazole rings is 1.